The predicted molar refractivity (Wildman–Crippen MR) is 63.3 cm³/mol. The van der Waals surface area contributed by atoms with Gasteiger partial charge < -0.3 is 5.32 Å². The summed E-state index contributed by atoms with van der Waals surface area (Å²) in [5.41, 5.74) is -0.0167. The quantitative estimate of drug-likeness (QED) is 0.262. The Labute approximate surface area is 99.8 Å². The number of nitro groups is 1. The number of pyridine rings is 1. The average molecular weight is 259 g/mol. The number of amides is 1. The molecule has 0 spiro atoms. The van der Waals surface area contributed by atoms with E-state index >= 15 is 0 Å². The first-order valence-electron chi connectivity index (χ1n) is 4.31. The van der Waals surface area contributed by atoms with Gasteiger partial charge in [0.25, 0.3) is 5.69 Å². The molecule has 1 N–H and O–H groups in total. The summed E-state index contributed by atoms with van der Waals surface area (Å²) < 4.78 is 0. The van der Waals surface area contributed by atoms with Gasteiger partial charge in [0.15, 0.2) is 0 Å². The SMILES string of the molecule is O=CNCCSSc1ccc([N+](=O)[O-])cn1. The van der Waals surface area contributed by atoms with Crippen LogP contribution in [-0.4, -0.2) is 28.6 Å². The normalized spacial score (nSPS) is 9.75. The summed E-state index contributed by atoms with van der Waals surface area (Å²) >= 11 is 0. The lowest BCUT2D eigenvalue weighted by Crippen LogP contribution is -2.13. The highest BCUT2D eigenvalue weighted by Crippen LogP contribution is 2.29. The van der Waals surface area contributed by atoms with Crippen molar-refractivity contribution in [2.75, 3.05) is 12.3 Å². The van der Waals surface area contributed by atoms with Gasteiger partial charge in [0.1, 0.15) is 11.2 Å². The van der Waals surface area contributed by atoms with E-state index in [1.807, 2.05) is 0 Å². The van der Waals surface area contributed by atoms with Gasteiger partial charge in [-0.1, -0.05) is 10.8 Å². The Morgan fingerprint density at radius 2 is 2.38 bits per heavy atom. The zero-order chi connectivity index (χ0) is 11.8. The standard InChI is InChI=1S/C8H9N3O3S2/c12-6-9-3-4-15-16-8-2-1-7(5-10-8)11(13)14/h1-2,5-6H,3-4H2,(H,9,12). The van der Waals surface area contributed by atoms with Crippen LogP contribution in [-0.2, 0) is 4.79 Å². The lowest BCUT2D eigenvalue weighted by molar-refractivity contribution is -0.385. The summed E-state index contributed by atoms with van der Waals surface area (Å²) in [6.45, 7) is 0.591. The topological polar surface area (TPSA) is 85.1 Å². The zero-order valence-electron chi connectivity index (χ0n) is 8.16. The number of aromatic nitrogens is 1. The van der Waals surface area contributed by atoms with Gasteiger partial charge in [0, 0.05) is 18.4 Å². The highest BCUT2D eigenvalue weighted by atomic mass is 33.1. The first-order valence-corrected chi connectivity index (χ1v) is 6.63. The number of carbonyl (C=O) groups excluding carboxylic acids is 1. The van der Waals surface area contributed by atoms with E-state index in [-0.39, 0.29) is 5.69 Å². The predicted octanol–water partition coefficient (Wildman–Crippen LogP) is 1.48. The third-order valence-electron chi connectivity index (χ3n) is 1.49. The van der Waals surface area contributed by atoms with Crippen LogP contribution in [0.25, 0.3) is 0 Å². The van der Waals surface area contributed by atoms with E-state index in [2.05, 4.69) is 10.3 Å². The van der Waals surface area contributed by atoms with Crippen molar-refractivity contribution in [3.8, 4) is 0 Å². The minimum absolute atomic E-state index is 0.0167. The van der Waals surface area contributed by atoms with E-state index in [1.54, 1.807) is 6.07 Å². The molecule has 1 aromatic rings. The number of nitrogens with zero attached hydrogens (tertiary/aromatic N) is 2. The van der Waals surface area contributed by atoms with E-state index in [1.165, 1.54) is 33.9 Å². The molecule has 0 aromatic carbocycles. The molecule has 0 atom stereocenters. The summed E-state index contributed by atoms with van der Waals surface area (Å²) in [7, 11) is 2.94. The maximum atomic E-state index is 10.4. The molecule has 1 heterocycles. The fourth-order valence-electron chi connectivity index (χ4n) is 0.791. The molecule has 0 aliphatic carbocycles. The third-order valence-corrected chi connectivity index (χ3v) is 3.76. The van der Waals surface area contributed by atoms with E-state index in [4.69, 9.17) is 0 Å². The minimum atomic E-state index is -0.484. The first-order chi connectivity index (χ1) is 7.74. The molecule has 0 radical (unpaired) electrons. The van der Waals surface area contributed by atoms with Gasteiger partial charge in [-0.15, -0.1) is 0 Å². The van der Waals surface area contributed by atoms with Crippen LogP contribution in [0.5, 0.6) is 0 Å². The molecule has 1 rings (SSSR count). The largest absolute Gasteiger partial charge is 0.358 e. The number of nitrogens with one attached hydrogen (secondary N) is 1. The molecule has 0 bridgehead atoms. The van der Waals surface area contributed by atoms with Gasteiger partial charge in [0.2, 0.25) is 6.41 Å². The van der Waals surface area contributed by atoms with E-state index < -0.39 is 4.92 Å². The van der Waals surface area contributed by atoms with Crippen molar-refractivity contribution in [3.05, 3.63) is 28.4 Å². The zero-order valence-corrected chi connectivity index (χ0v) is 9.79. The fraction of sp³-hybridized carbons (Fsp3) is 0.250. The lowest BCUT2D eigenvalue weighted by atomic mass is 10.4. The smallest absolute Gasteiger partial charge is 0.287 e. The van der Waals surface area contributed by atoms with Gasteiger partial charge in [-0.3, -0.25) is 14.9 Å². The van der Waals surface area contributed by atoms with Crippen LogP contribution < -0.4 is 5.32 Å². The minimum Gasteiger partial charge on any atom is -0.358 e. The molecule has 0 saturated heterocycles. The molecule has 0 unspecified atom stereocenters. The van der Waals surface area contributed by atoms with Gasteiger partial charge in [-0.2, -0.15) is 0 Å². The maximum absolute atomic E-state index is 10.4. The van der Waals surface area contributed by atoms with Crippen molar-refractivity contribution < 1.29 is 9.72 Å². The number of hydrogen-bond donors (Lipinski definition) is 1. The van der Waals surface area contributed by atoms with Crippen LogP contribution in [0.4, 0.5) is 5.69 Å². The van der Waals surface area contributed by atoms with Crippen LogP contribution >= 0.6 is 21.6 Å². The fourth-order valence-corrected chi connectivity index (χ4v) is 2.57. The Morgan fingerprint density at radius 1 is 1.56 bits per heavy atom. The van der Waals surface area contributed by atoms with Crippen molar-refractivity contribution >= 4 is 33.7 Å². The Hall–Kier alpha value is -1.28. The highest BCUT2D eigenvalue weighted by molar-refractivity contribution is 8.76. The number of hydrogen-bond acceptors (Lipinski definition) is 6. The van der Waals surface area contributed by atoms with Crippen LogP contribution in [0.3, 0.4) is 0 Å². The molecule has 6 nitrogen and oxygen atoms in total. The molecule has 16 heavy (non-hydrogen) atoms. The molecule has 86 valence electrons. The van der Waals surface area contributed by atoms with Crippen LogP contribution in [0.15, 0.2) is 23.4 Å². The van der Waals surface area contributed by atoms with Crippen molar-refractivity contribution in [2.45, 2.75) is 5.03 Å². The number of rotatable bonds is 7. The summed E-state index contributed by atoms with van der Waals surface area (Å²) in [5.74, 6) is 0.752. The van der Waals surface area contributed by atoms with Crippen molar-refractivity contribution in [1.82, 2.24) is 10.3 Å². The van der Waals surface area contributed by atoms with E-state index in [0.717, 1.165) is 5.75 Å². The Balaban J connectivity index is 2.32. The van der Waals surface area contributed by atoms with Crippen molar-refractivity contribution in [3.63, 3.8) is 0 Å². The molecule has 1 aromatic heterocycles. The first kappa shape index (κ1) is 12.8. The maximum Gasteiger partial charge on any atom is 0.287 e. The van der Waals surface area contributed by atoms with Gasteiger partial charge >= 0.3 is 0 Å². The second-order valence-electron chi connectivity index (χ2n) is 2.59. The lowest BCUT2D eigenvalue weighted by Gasteiger charge is -1.99. The van der Waals surface area contributed by atoms with Crippen LogP contribution in [0.1, 0.15) is 0 Å². The molecule has 0 aliphatic rings. The molecule has 0 aliphatic heterocycles. The highest BCUT2D eigenvalue weighted by Gasteiger charge is 2.05. The van der Waals surface area contributed by atoms with Gasteiger partial charge in [0.05, 0.1) is 4.92 Å². The summed E-state index contributed by atoms with van der Waals surface area (Å²) in [5, 5.41) is 13.6. The Kier molecular flexibility index (Phi) is 5.65. The Bertz CT molecular complexity index is 358. The van der Waals surface area contributed by atoms with Crippen LogP contribution in [0.2, 0.25) is 0 Å². The second-order valence-corrected chi connectivity index (χ2v) is 5.03. The summed E-state index contributed by atoms with van der Waals surface area (Å²) in [4.78, 5) is 23.7. The average Bonchev–Trinajstić information content (AvgIpc) is 2.29. The Morgan fingerprint density at radius 3 is 2.94 bits per heavy atom. The van der Waals surface area contributed by atoms with Gasteiger partial charge in [-0.05, 0) is 16.9 Å². The molecule has 1 amide bonds. The summed E-state index contributed by atoms with van der Waals surface area (Å²) in [6, 6.07) is 3.02. The molecule has 0 fully saturated rings. The van der Waals surface area contributed by atoms with Crippen LogP contribution in [0, 0.1) is 10.1 Å². The molecule has 0 saturated carbocycles. The second kappa shape index (κ2) is 7.07. The van der Waals surface area contributed by atoms with E-state index in [9.17, 15) is 14.9 Å². The monoisotopic (exact) mass is 259 g/mol. The van der Waals surface area contributed by atoms with Gasteiger partial charge in [-0.25, -0.2) is 4.98 Å². The molecule has 8 heteroatoms. The summed E-state index contributed by atoms with van der Waals surface area (Å²) in [6.07, 6.45) is 1.88. The number of carbonyl (C=O) groups is 1. The van der Waals surface area contributed by atoms with E-state index in [0.29, 0.717) is 18.0 Å². The third kappa shape index (κ3) is 4.49. The molecular formula is C8H9N3O3S2. The van der Waals surface area contributed by atoms with Crippen molar-refractivity contribution in [1.29, 1.82) is 0 Å². The molecular weight excluding hydrogens is 250 g/mol. The van der Waals surface area contributed by atoms with Crippen molar-refractivity contribution in [2.24, 2.45) is 0 Å².